The Morgan fingerprint density at radius 3 is 2.71 bits per heavy atom. The molecule has 0 aliphatic carbocycles. The first-order chi connectivity index (χ1) is 6.77. The molecule has 0 radical (unpaired) electrons. The van der Waals surface area contributed by atoms with Crippen molar-refractivity contribution < 1.29 is 0 Å². The van der Waals surface area contributed by atoms with Crippen LogP contribution in [0.25, 0.3) is 0 Å². The summed E-state index contributed by atoms with van der Waals surface area (Å²) in [6, 6.07) is 8.19. The van der Waals surface area contributed by atoms with Crippen molar-refractivity contribution in [2.75, 3.05) is 7.05 Å². The van der Waals surface area contributed by atoms with E-state index in [4.69, 9.17) is 5.84 Å². The Morgan fingerprint density at radius 1 is 1.43 bits per heavy atom. The standard InChI is InChI=1S/C10H16N4/c1-8-5-3-4-6-9(8)7-13-10(12-2)14-11/h3-6H,7,11H2,1-2H3,(H2,12,13,14). The van der Waals surface area contributed by atoms with Crippen molar-refractivity contribution >= 4 is 5.96 Å². The van der Waals surface area contributed by atoms with E-state index < -0.39 is 0 Å². The zero-order valence-corrected chi connectivity index (χ0v) is 8.54. The van der Waals surface area contributed by atoms with Crippen LogP contribution < -0.4 is 16.6 Å². The van der Waals surface area contributed by atoms with Gasteiger partial charge in [0.2, 0.25) is 5.96 Å². The molecule has 4 heteroatoms. The number of hydrogen-bond acceptors (Lipinski definition) is 2. The fourth-order valence-corrected chi connectivity index (χ4v) is 1.18. The first kappa shape index (κ1) is 10.5. The number of rotatable bonds is 2. The van der Waals surface area contributed by atoms with Crippen LogP contribution in [-0.2, 0) is 6.54 Å². The first-order valence-electron chi connectivity index (χ1n) is 4.49. The molecule has 0 spiro atoms. The van der Waals surface area contributed by atoms with Crippen molar-refractivity contribution in [1.82, 2.24) is 10.7 Å². The molecule has 0 fully saturated rings. The Labute approximate surface area is 84.2 Å². The topological polar surface area (TPSA) is 62.4 Å². The minimum Gasteiger partial charge on any atom is -0.351 e. The summed E-state index contributed by atoms with van der Waals surface area (Å²) in [6.07, 6.45) is 0. The van der Waals surface area contributed by atoms with Crippen LogP contribution in [0.1, 0.15) is 11.1 Å². The Morgan fingerprint density at radius 2 is 2.14 bits per heavy atom. The minimum absolute atomic E-state index is 0.591. The normalized spacial score (nSPS) is 11.2. The predicted molar refractivity (Wildman–Crippen MR) is 58.7 cm³/mol. The van der Waals surface area contributed by atoms with E-state index in [-0.39, 0.29) is 0 Å². The molecule has 1 rings (SSSR count). The molecular formula is C10H16N4. The number of nitrogens with two attached hydrogens (primary N) is 1. The number of aryl methyl sites for hydroxylation is 1. The smallest absolute Gasteiger partial charge is 0.205 e. The number of aliphatic imine (C=N–C) groups is 1. The lowest BCUT2D eigenvalue weighted by Gasteiger charge is -2.09. The lowest BCUT2D eigenvalue weighted by atomic mass is 10.1. The zero-order valence-electron chi connectivity index (χ0n) is 8.54. The van der Waals surface area contributed by atoms with Gasteiger partial charge in [0.1, 0.15) is 0 Å². The summed E-state index contributed by atoms with van der Waals surface area (Å²) in [5.74, 6) is 5.83. The molecular weight excluding hydrogens is 176 g/mol. The molecule has 4 N–H and O–H groups in total. The second-order valence-electron chi connectivity index (χ2n) is 3.00. The van der Waals surface area contributed by atoms with Gasteiger partial charge >= 0.3 is 0 Å². The van der Waals surface area contributed by atoms with Crippen LogP contribution in [0.15, 0.2) is 29.3 Å². The quantitative estimate of drug-likeness (QED) is 0.277. The molecule has 0 amide bonds. The van der Waals surface area contributed by atoms with E-state index in [0.717, 1.165) is 6.54 Å². The Balaban J connectivity index is 2.58. The second kappa shape index (κ2) is 5.24. The van der Waals surface area contributed by atoms with Crippen LogP contribution in [0.5, 0.6) is 0 Å². The molecule has 0 bridgehead atoms. The molecule has 0 heterocycles. The van der Waals surface area contributed by atoms with Gasteiger partial charge in [-0.15, -0.1) is 0 Å². The summed E-state index contributed by atoms with van der Waals surface area (Å²) >= 11 is 0. The van der Waals surface area contributed by atoms with Crippen LogP contribution in [-0.4, -0.2) is 13.0 Å². The van der Waals surface area contributed by atoms with E-state index in [1.165, 1.54) is 11.1 Å². The molecule has 0 aliphatic heterocycles. The van der Waals surface area contributed by atoms with Gasteiger partial charge in [-0.1, -0.05) is 24.3 Å². The molecule has 76 valence electrons. The van der Waals surface area contributed by atoms with Crippen molar-refractivity contribution in [3.8, 4) is 0 Å². The fraction of sp³-hybridized carbons (Fsp3) is 0.300. The maximum atomic E-state index is 5.24. The van der Waals surface area contributed by atoms with Crippen molar-refractivity contribution in [2.45, 2.75) is 13.5 Å². The number of nitrogens with zero attached hydrogens (tertiary/aromatic N) is 1. The van der Waals surface area contributed by atoms with Crippen LogP contribution in [0.4, 0.5) is 0 Å². The highest BCUT2D eigenvalue weighted by Gasteiger charge is 1.97. The van der Waals surface area contributed by atoms with E-state index in [2.05, 4.69) is 34.8 Å². The Hall–Kier alpha value is -1.55. The van der Waals surface area contributed by atoms with E-state index >= 15 is 0 Å². The fourth-order valence-electron chi connectivity index (χ4n) is 1.18. The molecule has 1 aromatic rings. The van der Waals surface area contributed by atoms with E-state index in [9.17, 15) is 0 Å². The van der Waals surface area contributed by atoms with Gasteiger partial charge in [-0.2, -0.15) is 0 Å². The second-order valence-corrected chi connectivity index (χ2v) is 3.00. The molecule has 0 aromatic heterocycles. The summed E-state index contributed by atoms with van der Waals surface area (Å²) in [4.78, 5) is 3.92. The summed E-state index contributed by atoms with van der Waals surface area (Å²) < 4.78 is 0. The van der Waals surface area contributed by atoms with Gasteiger partial charge in [0.05, 0.1) is 0 Å². The number of guanidine groups is 1. The van der Waals surface area contributed by atoms with Gasteiger partial charge in [-0.05, 0) is 18.1 Å². The highest BCUT2D eigenvalue weighted by Crippen LogP contribution is 2.05. The maximum Gasteiger partial charge on any atom is 0.205 e. The van der Waals surface area contributed by atoms with E-state index in [0.29, 0.717) is 5.96 Å². The number of hydrogen-bond donors (Lipinski definition) is 3. The first-order valence-corrected chi connectivity index (χ1v) is 4.49. The van der Waals surface area contributed by atoms with Gasteiger partial charge in [-0.3, -0.25) is 10.4 Å². The van der Waals surface area contributed by atoms with Crippen molar-refractivity contribution in [1.29, 1.82) is 0 Å². The SMILES string of the molecule is CN=C(NN)NCc1ccccc1C. The Bertz CT molecular complexity index is 320. The molecule has 0 saturated carbocycles. The highest BCUT2D eigenvalue weighted by atomic mass is 15.3. The molecule has 1 aromatic carbocycles. The van der Waals surface area contributed by atoms with E-state index in [1.807, 2.05) is 12.1 Å². The number of hydrazine groups is 1. The summed E-state index contributed by atoms with van der Waals surface area (Å²) in [7, 11) is 1.68. The molecule has 0 saturated heterocycles. The van der Waals surface area contributed by atoms with Crippen LogP contribution >= 0.6 is 0 Å². The average Bonchev–Trinajstić information content (AvgIpc) is 2.22. The molecule has 0 atom stereocenters. The minimum atomic E-state index is 0.591. The molecule has 4 nitrogen and oxygen atoms in total. The number of nitrogens with one attached hydrogen (secondary N) is 2. The average molecular weight is 192 g/mol. The lowest BCUT2D eigenvalue weighted by Crippen LogP contribution is -2.41. The van der Waals surface area contributed by atoms with Gasteiger partial charge in [0, 0.05) is 13.6 Å². The summed E-state index contributed by atoms with van der Waals surface area (Å²) in [5, 5.41) is 3.09. The zero-order chi connectivity index (χ0) is 10.4. The number of benzene rings is 1. The van der Waals surface area contributed by atoms with Crippen molar-refractivity contribution in [2.24, 2.45) is 10.8 Å². The van der Waals surface area contributed by atoms with Gasteiger partial charge in [0.25, 0.3) is 0 Å². The third kappa shape index (κ3) is 2.74. The maximum absolute atomic E-state index is 5.24. The monoisotopic (exact) mass is 192 g/mol. The van der Waals surface area contributed by atoms with Crippen LogP contribution in [0, 0.1) is 6.92 Å². The van der Waals surface area contributed by atoms with Crippen LogP contribution in [0.2, 0.25) is 0 Å². The third-order valence-electron chi connectivity index (χ3n) is 2.07. The molecule has 0 aliphatic rings. The van der Waals surface area contributed by atoms with Crippen molar-refractivity contribution in [3.63, 3.8) is 0 Å². The van der Waals surface area contributed by atoms with Crippen molar-refractivity contribution in [3.05, 3.63) is 35.4 Å². The van der Waals surface area contributed by atoms with Gasteiger partial charge < -0.3 is 5.32 Å². The lowest BCUT2D eigenvalue weighted by molar-refractivity contribution is 0.836. The van der Waals surface area contributed by atoms with Gasteiger partial charge in [0.15, 0.2) is 0 Å². The molecule has 14 heavy (non-hydrogen) atoms. The third-order valence-corrected chi connectivity index (χ3v) is 2.07. The van der Waals surface area contributed by atoms with E-state index in [1.54, 1.807) is 7.05 Å². The predicted octanol–water partition coefficient (Wildman–Crippen LogP) is 0.534. The summed E-state index contributed by atoms with van der Waals surface area (Å²) in [5.41, 5.74) is 4.98. The van der Waals surface area contributed by atoms with Crippen LogP contribution in [0.3, 0.4) is 0 Å². The summed E-state index contributed by atoms with van der Waals surface area (Å²) in [6.45, 7) is 2.80. The van der Waals surface area contributed by atoms with Gasteiger partial charge in [-0.25, -0.2) is 5.84 Å². The Kier molecular flexibility index (Phi) is 3.94. The molecule has 0 unspecified atom stereocenters. The highest BCUT2D eigenvalue weighted by molar-refractivity contribution is 5.78. The largest absolute Gasteiger partial charge is 0.351 e.